The van der Waals surface area contributed by atoms with Gasteiger partial charge in [0.15, 0.2) is 4.34 Å². The predicted molar refractivity (Wildman–Crippen MR) is 55.4 cm³/mol. The molecule has 3 nitrogen and oxygen atoms in total. The number of nitrogens with one attached hydrogen (secondary N) is 1. The number of hydrogen-bond acceptors (Lipinski definition) is 5. The predicted octanol–water partition coefficient (Wildman–Crippen LogP) is 3.01. The van der Waals surface area contributed by atoms with Crippen LogP contribution in [-0.2, 0) is 0 Å². The second-order valence-corrected chi connectivity index (χ2v) is 5.81. The molecule has 0 fully saturated rings. The first-order chi connectivity index (χ1) is 6.87. The van der Waals surface area contributed by atoms with Gasteiger partial charge in [0, 0.05) is 5.25 Å². The van der Waals surface area contributed by atoms with Crippen LogP contribution in [0.1, 0.15) is 13.8 Å². The number of nitrogens with zero attached hydrogens (tertiary/aromatic N) is 2. The van der Waals surface area contributed by atoms with Crippen molar-refractivity contribution < 1.29 is 13.2 Å². The molecule has 1 aromatic rings. The third-order valence-corrected chi connectivity index (χ3v) is 3.15. The summed E-state index contributed by atoms with van der Waals surface area (Å²) in [6.07, 6.45) is -4.23. The minimum Gasteiger partial charge on any atom is -0.351 e. The van der Waals surface area contributed by atoms with Gasteiger partial charge in [-0.15, -0.1) is 10.2 Å². The van der Waals surface area contributed by atoms with Gasteiger partial charge in [0.2, 0.25) is 5.13 Å². The first kappa shape index (κ1) is 12.6. The molecule has 0 aliphatic carbocycles. The first-order valence-electron chi connectivity index (χ1n) is 4.17. The highest BCUT2D eigenvalue weighted by Crippen LogP contribution is 2.28. The molecule has 86 valence electrons. The normalized spacial score (nSPS) is 12.1. The van der Waals surface area contributed by atoms with Gasteiger partial charge in [0.1, 0.15) is 6.54 Å². The summed E-state index contributed by atoms with van der Waals surface area (Å²) >= 11 is 2.61. The van der Waals surface area contributed by atoms with E-state index in [-0.39, 0.29) is 5.13 Å². The lowest BCUT2D eigenvalue weighted by Gasteiger charge is -2.05. The van der Waals surface area contributed by atoms with Gasteiger partial charge in [-0.3, -0.25) is 0 Å². The van der Waals surface area contributed by atoms with E-state index in [0.717, 1.165) is 11.3 Å². The van der Waals surface area contributed by atoms with Crippen LogP contribution in [0.4, 0.5) is 18.3 Å². The quantitative estimate of drug-likeness (QED) is 0.841. The van der Waals surface area contributed by atoms with Gasteiger partial charge in [0.25, 0.3) is 0 Å². The molecule has 0 atom stereocenters. The monoisotopic (exact) mass is 257 g/mol. The van der Waals surface area contributed by atoms with Crippen molar-refractivity contribution in [1.82, 2.24) is 10.2 Å². The SMILES string of the molecule is CC(C)Sc1nnc(NCC(F)(F)F)s1. The molecular weight excluding hydrogens is 247 g/mol. The summed E-state index contributed by atoms with van der Waals surface area (Å²) in [5.74, 6) is 0. The Bertz CT molecular complexity index is 311. The molecule has 1 rings (SSSR count). The molecule has 0 saturated heterocycles. The van der Waals surface area contributed by atoms with E-state index < -0.39 is 12.7 Å². The number of hydrogen-bond donors (Lipinski definition) is 1. The zero-order valence-corrected chi connectivity index (χ0v) is 9.76. The topological polar surface area (TPSA) is 37.8 Å². The number of alkyl halides is 3. The molecule has 0 amide bonds. The molecule has 1 aromatic heterocycles. The van der Waals surface area contributed by atoms with Crippen LogP contribution in [-0.4, -0.2) is 28.2 Å². The van der Waals surface area contributed by atoms with Gasteiger partial charge in [-0.25, -0.2) is 0 Å². The second-order valence-electron chi connectivity index (χ2n) is 3.01. The zero-order chi connectivity index (χ0) is 11.5. The van der Waals surface area contributed by atoms with Gasteiger partial charge < -0.3 is 5.32 Å². The van der Waals surface area contributed by atoms with E-state index in [2.05, 4.69) is 15.5 Å². The number of thioether (sulfide) groups is 1. The maximum Gasteiger partial charge on any atom is 0.405 e. The third kappa shape index (κ3) is 5.22. The Morgan fingerprint density at radius 2 is 2.07 bits per heavy atom. The Kier molecular flexibility index (Phi) is 4.21. The third-order valence-electron chi connectivity index (χ3n) is 1.18. The molecule has 1 N–H and O–H groups in total. The van der Waals surface area contributed by atoms with E-state index in [0.29, 0.717) is 9.59 Å². The number of rotatable bonds is 4. The summed E-state index contributed by atoms with van der Waals surface area (Å²) in [7, 11) is 0. The van der Waals surface area contributed by atoms with Crippen LogP contribution in [0.25, 0.3) is 0 Å². The van der Waals surface area contributed by atoms with Crippen molar-refractivity contribution in [2.75, 3.05) is 11.9 Å². The van der Waals surface area contributed by atoms with Crippen LogP contribution in [0, 0.1) is 0 Å². The Hall–Kier alpha value is -0.500. The average molecular weight is 257 g/mol. The Labute approximate surface area is 93.5 Å². The summed E-state index contributed by atoms with van der Waals surface area (Å²) in [4.78, 5) is 0. The van der Waals surface area contributed by atoms with Crippen LogP contribution in [0.2, 0.25) is 0 Å². The fraction of sp³-hybridized carbons (Fsp3) is 0.714. The van der Waals surface area contributed by atoms with E-state index in [1.54, 1.807) is 0 Å². The maximum absolute atomic E-state index is 11.8. The van der Waals surface area contributed by atoms with Crippen LogP contribution in [0.3, 0.4) is 0 Å². The fourth-order valence-corrected chi connectivity index (χ4v) is 2.68. The average Bonchev–Trinajstić information content (AvgIpc) is 2.46. The van der Waals surface area contributed by atoms with E-state index in [9.17, 15) is 13.2 Å². The van der Waals surface area contributed by atoms with Gasteiger partial charge in [-0.1, -0.05) is 36.9 Å². The molecule has 0 aliphatic heterocycles. The molecule has 0 unspecified atom stereocenters. The Morgan fingerprint density at radius 1 is 1.40 bits per heavy atom. The molecule has 0 aromatic carbocycles. The highest BCUT2D eigenvalue weighted by atomic mass is 32.2. The van der Waals surface area contributed by atoms with Gasteiger partial charge >= 0.3 is 6.18 Å². The van der Waals surface area contributed by atoms with Crippen LogP contribution in [0.15, 0.2) is 4.34 Å². The van der Waals surface area contributed by atoms with Crippen molar-refractivity contribution in [3.05, 3.63) is 0 Å². The van der Waals surface area contributed by atoms with Crippen LogP contribution >= 0.6 is 23.1 Å². The van der Waals surface area contributed by atoms with E-state index in [1.165, 1.54) is 11.8 Å². The van der Waals surface area contributed by atoms with Crippen molar-refractivity contribution in [1.29, 1.82) is 0 Å². The first-order valence-corrected chi connectivity index (χ1v) is 5.87. The largest absolute Gasteiger partial charge is 0.405 e. The summed E-state index contributed by atoms with van der Waals surface area (Å²) in [5.41, 5.74) is 0. The number of anilines is 1. The van der Waals surface area contributed by atoms with Gasteiger partial charge in [-0.05, 0) is 0 Å². The highest BCUT2D eigenvalue weighted by molar-refractivity contribution is 8.01. The van der Waals surface area contributed by atoms with Crippen LogP contribution < -0.4 is 5.32 Å². The molecule has 0 spiro atoms. The smallest absolute Gasteiger partial charge is 0.351 e. The molecule has 15 heavy (non-hydrogen) atoms. The summed E-state index contributed by atoms with van der Waals surface area (Å²) in [5, 5.41) is 10.1. The summed E-state index contributed by atoms with van der Waals surface area (Å²) in [6.45, 7) is 2.89. The molecule has 0 bridgehead atoms. The van der Waals surface area contributed by atoms with Crippen molar-refractivity contribution in [3.8, 4) is 0 Å². The van der Waals surface area contributed by atoms with Gasteiger partial charge in [0.05, 0.1) is 0 Å². The lowest BCUT2D eigenvalue weighted by Crippen LogP contribution is -2.21. The lowest BCUT2D eigenvalue weighted by molar-refractivity contribution is -0.115. The number of aromatic nitrogens is 2. The Balaban J connectivity index is 2.46. The van der Waals surface area contributed by atoms with Crippen molar-refractivity contribution >= 4 is 28.2 Å². The highest BCUT2D eigenvalue weighted by Gasteiger charge is 2.27. The van der Waals surface area contributed by atoms with Crippen molar-refractivity contribution in [2.24, 2.45) is 0 Å². The van der Waals surface area contributed by atoms with Crippen molar-refractivity contribution in [2.45, 2.75) is 29.6 Å². The van der Waals surface area contributed by atoms with E-state index in [4.69, 9.17) is 0 Å². The molecule has 1 heterocycles. The number of halogens is 3. The molecule has 0 aliphatic rings. The van der Waals surface area contributed by atoms with Crippen molar-refractivity contribution in [3.63, 3.8) is 0 Å². The molecular formula is C7H10F3N3S2. The summed E-state index contributed by atoms with van der Waals surface area (Å²) in [6, 6.07) is 0. The molecule has 0 radical (unpaired) electrons. The standard InChI is InChI=1S/C7H10F3N3S2/c1-4(2)14-6-13-12-5(15-6)11-3-7(8,9)10/h4H,3H2,1-2H3,(H,11,12). The maximum atomic E-state index is 11.8. The van der Waals surface area contributed by atoms with Gasteiger partial charge in [-0.2, -0.15) is 13.2 Å². The van der Waals surface area contributed by atoms with Crippen LogP contribution in [0.5, 0.6) is 0 Å². The fourth-order valence-electron chi connectivity index (χ4n) is 0.706. The summed E-state index contributed by atoms with van der Waals surface area (Å²) < 4.78 is 36.2. The molecule has 8 heteroatoms. The van der Waals surface area contributed by atoms with E-state index in [1.807, 2.05) is 13.8 Å². The Morgan fingerprint density at radius 3 is 2.60 bits per heavy atom. The molecule has 0 saturated carbocycles. The minimum absolute atomic E-state index is 0.204. The minimum atomic E-state index is -4.23. The van der Waals surface area contributed by atoms with E-state index >= 15 is 0 Å². The lowest BCUT2D eigenvalue weighted by atomic mass is 10.6. The zero-order valence-electron chi connectivity index (χ0n) is 8.13. The second kappa shape index (κ2) is 5.02.